The lowest BCUT2D eigenvalue weighted by atomic mass is 10.1. The molecule has 0 aliphatic heterocycles. The number of nitrogens with zero attached hydrogens (tertiary/aromatic N) is 1. The first-order valence-corrected chi connectivity index (χ1v) is 4.84. The van der Waals surface area contributed by atoms with Crippen LogP contribution in [0.25, 0.3) is 10.8 Å². The number of hydrogen-bond donors (Lipinski definition) is 1. The molecule has 2 aromatic rings. The Labute approximate surface area is 88.8 Å². The van der Waals surface area contributed by atoms with Crippen LogP contribution in [0.3, 0.4) is 0 Å². The number of anilines is 1. The van der Waals surface area contributed by atoms with Gasteiger partial charge in [0.1, 0.15) is 0 Å². The van der Waals surface area contributed by atoms with Crippen molar-refractivity contribution in [2.45, 2.75) is 0 Å². The summed E-state index contributed by atoms with van der Waals surface area (Å²) >= 11 is 9.37. The largest absolute Gasteiger partial charge is 0.397 e. The second-order valence-electron chi connectivity index (χ2n) is 2.68. The van der Waals surface area contributed by atoms with Gasteiger partial charge in [-0.3, -0.25) is 4.98 Å². The summed E-state index contributed by atoms with van der Waals surface area (Å²) in [6.07, 6.45) is 3.43. The average Bonchev–Trinajstić information content (AvgIpc) is 2.15. The lowest BCUT2D eigenvalue weighted by molar-refractivity contribution is 1.36. The van der Waals surface area contributed by atoms with E-state index in [1.165, 1.54) is 0 Å². The Hall–Kier alpha value is -0.800. The first-order chi connectivity index (χ1) is 6.20. The Balaban J connectivity index is 2.94. The molecule has 0 fully saturated rings. The van der Waals surface area contributed by atoms with Crippen LogP contribution in [-0.4, -0.2) is 4.98 Å². The zero-order valence-electron chi connectivity index (χ0n) is 6.59. The number of hydrogen-bond acceptors (Lipinski definition) is 2. The van der Waals surface area contributed by atoms with E-state index in [0.29, 0.717) is 10.7 Å². The van der Waals surface area contributed by atoms with Crippen molar-refractivity contribution < 1.29 is 0 Å². The number of rotatable bonds is 0. The van der Waals surface area contributed by atoms with Crippen molar-refractivity contribution in [2.75, 3.05) is 5.73 Å². The van der Waals surface area contributed by atoms with Crippen molar-refractivity contribution in [3.63, 3.8) is 0 Å². The van der Waals surface area contributed by atoms with E-state index in [4.69, 9.17) is 17.3 Å². The Kier molecular flexibility index (Phi) is 2.14. The highest BCUT2D eigenvalue weighted by Gasteiger charge is 2.06. The second kappa shape index (κ2) is 3.16. The Morgan fingerprint density at radius 1 is 1.46 bits per heavy atom. The summed E-state index contributed by atoms with van der Waals surface area (Å²) in [6, 6.07) is 3.82. The first kappa shape index (κ1) is 8.78. The molecule has 0 saturated carbocycles. The molecule has 1 aromatic heterocycles. The van der Waals surface area contributed by atoms with Crippen LogP contribution in [0.15, 0.2) is 29.0 Å². The van der Waals surface area contributed by atoms with Gasteiger partial charge in [-0.1, -0.05) is 11.6 Å². The highest BCUT2D eigenvalue weighted by atomic mass is 79.9. The predicted molar refractivity (Wildman–Crippen MR) is 58.9 cm³/mol. The summed E-state index contributed by atoms with van der Waals surface area (Å²) in [5.41, 5.74) is 6.30. The summed E-state index contributed by atoms with van der Waals surface area (Å²) in [4.78, 5) is 3.99. The molecule has 0 atom stereocenters. The minimum absolute atomic E-state index is 0.553. The highest BCUT2D eigenvalue weighted by molar-refractivity contribution is 9.10. The molecule has 0 bridgehead atoms. The lowest BCUT2D eigenvalue weighted by Gasteiger charge is -2.05. The molecule has 4 heteroatoms. The quantitative estimate of drug-likeness (QED) is 0.736. The molecule has 0 unspecified atom stereocenters. The van der Waals surface area contributed by atoms with Gasteiger partial charge in [-0.15, -0.1) is 0 Å². The monoisotopic (exact) mass is 256 g/mol. The number of nitrogens with two attached hydrogens (primary N) is 1. The number of aromatic nitrogens is 1. The number of nitrogen functional groups attached to an aromatic ring is 1. The van der Waals surface area contributed by atoms with Gasteiger partial charge in [-0.25, -0.2) is 0 Å². The molecule has 2 N–H and O–H groups in total. The van der Waals surface area contributed by atoms with E-state index in [9.17, 15) is 0 Å². The van der Waals surface area contributed by atoms with Gasteiger partial charge in [0, 0.05) is 22.3 Å². The molecule has 0 aliphatic carbocycles. The Bertz CT molecular complexity index is 470. The molecule has 66 valence electrons. The average molecular weight is 258 g/mol. The summed E-state index contributed by atoms with van der Waals surface area (Å²) < 4.78 is 0.816. The Morgan fingerprint density at radius 2 is 2.23 bits per heavy atom. The fourth-order valence-corrected chi connectivity index (χ4v) is 2.00. The zero-order chi connectivity index (χ0) is 9.42. The third kappa shape index (κ3) is 1.38. The van der Waals surface area contributed by atoms with Gasteiger partial charge in [0.05, 0.1) is 10.7 Å². The molecular weight excluding hydrogens is 251 g/mol. The maximum absolute atomic E-state index is 6.04. The van der Waals surface area contributed by atoms with Gasteiger partial charge in [-0.05, 0) is 33.4 Å². The summed E-state index contributed by atoms with van der Waals surface area (Å²) in [5.74, 6) is 0. The molecule has 0 aliphatic rings. The smallest absolute Gasteiger partial charge is 0.0740 e. The molecule has 0 spiro atoms. The van der Waals surface area contributed by atoms with Crippen molar-refractivity contribution in [2.24, 2.45) is 0 Å². The third-order valence-corrected chi connectivity index (χ3v) is 2.93. The van der Waals surface area contributed by atoms with Gasteiger partial charge in [-0.2, -0.15) is 0 Å². The summed E-state index contributed by atoms with van der Waals surface area (Å²) in [7, 11) is 0. The van der Waals surface area contributed by atoms with Crippen molar-refractivity contribution in [1.82, 2.24) is 4.98 Å². The minimum atomic E-state index is 0.553. The molecular formula is C9H6BrClN2. The van der Waals surface area contributed by atoms with Gasteiger partial charge in [0.15, 0.2) is 0 Å². The fourth-order valence-electron chi connectivity index (χ4n) is 1.18. The van der Waals surface area contributed by atoms with Crippen molar-refractivity contribution in [3.8, 4) is 0 Å². The van der Waals surface area contributed by atoms with E-state index in [2.05, 4.69) is 20.9 Å². The molecule has 1 aromatic carbocycles. The molecule has 0 saturated heterocycles. The van der Waals surface area contributed by atoms with Crippen LogP contribution in [0.1, 0.15) is 0 Å². The number of fused-ring (bicyclic) bond motifs is 1. The van der Waals surface area contributed by atoms with Gasteiger partial charge < -0.3 is 5.73 Å². The van der Waals surface area contributed by atoms with Gasteiger partial charge in [0.25, 0.3) is 0 Å². The predicted octanol–water partition coefficient (Wildman–Crippen LogP) is 3.23. The van der Waals surface area contributed by atoms with Crippen LogP contribution >= 0.6 is 27.5 Å². The van der Waals surface area contributed by atoms with Crippen LogP contribution in [-0.2, 0) is 0 Å². The molecule has 0 amide bonds. The number of benzene rings is 1. The number of halogens is 2. The van der Waals surface area contributed by atoms with Crippen molar-refractivity contribution >= 4 is 44.0 Å². The van der Waals surface area contributed by atoms with E-state index < -0.39 is 0 Å². The maximum Gasteiger partial charge on any atom is 0.0740 e. The molecule has 13 heavy (non-hydrogen) atoms. The van der Waals surface area contributed by atoms with Crippen LogP contribution in [0.2, 0.25) is 5.02 Å². The standard InChI is InChI=1S/C9H6BrClN2/c10-7-3-5-1-2-13-4-6(5)8(11)9(7)12/h1-4H,12H2. The molecule has 2 rings (SSSR count). The zero-order valence-corrected chi connectivity index (χ0v) is 8.93. The second-order valence-corrected chi connectivity index (χ2v) is 3.92. The van der Waals surface area contributed by atoms with E-state index >= 15 is 0 Å². The molecule has 0 radical (unpaired) electrons. The fraction of sp³-hybridized carbons (Fsp3) is 0. The van der Waals surface area contributed by atoms with Gasteiger partial charge >= 0.3 is 0 Å². The van der Waals surface area contributed by atoms with Crippen molar-refractivity contribution in [3.05, 3.63) is 34.0 Å². The van der Waals surface area contributed by atoms with E-state index in [1.54, 1.807) is 12.4 Å². The van der Waals surface area contributed by atoms with Crippen molar-refractivity contribution in [1.29, 1.82) is 0 Å². The van der Waals surface area contributed by atoms with Crippen LogP contribution in [0, 0.1) is 0 Å². The molecule has 1 heterocycles. The Morgan fingerprint density at radius 3 is 3.00 bits per heavy atom. The van der Waals surface area contributed by atoms with Gasteiger partial charge in [0.2, 0.25) is 0 Å². The lowest BCUT2D eigenvalue weighted by Crippen LogP contribution is -1.89. The van der Waals surface area contributed by atoms with Crippen LogP contribution < -0.4 is 5.73 Å². The van der Waals surface area contributed by atoms with E-state index in [0.717, 1.165) is 15.2 Å². The molecule has 2 nitrogen and oxygen atoms in total. The first-order valence-electron chi connectivity index (χ1n) is 3.67. The van der Waals surface area contributed by atoms with E-state index in [-0.39, 0.29) is 0 Å². The third-order valence-electron chi connectivity index (χ3n) is 1.87. The highest BCUT2D eigenvalue weighted by Crippen LogP contribution is 2.34. The maximum atomic E-state index is 6.04. The van der Waals surface area contributed by atoms with E-state index in [1.807, 2.05) is 12.1 Å². The minimum Gasteiger partial charge on any atom is -0.397 e. The SMILES string of the molecule is Nc1c(Br)cc2ccncc2c1Cl. The summed E-state index contributed by atoms with van der Waals surface area (Å²) in [6.45, 7) is 0. The van der Waals surface area contributed by atoms with Crippen LogP contribution in [0.4, 0.5) is 5.69 Å². The van der Waals surface area contributed by atoms with Crippen LogP contribution in [0.5, 0.6) is 0 Å². The topological polar surface area (TPSA) is 38.9 Å². The number of pyridine rings is 1. The summed E-state index contributed by atoms with van der Waals surface area (Å²) in [5, 5.41) is 2.46. The normalized spacial score (nSPS) is 10.6.